The zero-order valence-electron chi connectivity index (χ0n) is 13.7. The zero-order chi connectivity index (χ0) is 15.8. The van der Waals surface area contributed by atoms with E-state index in [1.807, 2.05) is 18.2 Å². The Kier molecular flexibility index (Phi) is 8.48. The van der Waals surface area contributed by atoms with Crippen LogP contribution in [0.3, 0.4) is 0 Å². The molecular weight excluding hydrogens is 312 g/mol. The Bertz CT molecular complexity index is 578. The molecular formula is C18H25ClN2O2. The Hall–Kier alpha value is -1.75. The minimum atomic E-state index is 0. The standard InChI is InChI=1S/C18H24N2O2.ClH/c1-21-17-9-8-16(12-18(17)22-2)14-20(11-10-19)13-15-6-4-3-5-7-15;/h3-9,12H,10-11,13-14,19H2,1-2H3;1H. The van der Waals surface area contributed by atoms with Crippen LogP contribution in [0.15, 0.2) is 48.5 Å². The van der Waals surface area contributed by atoms with Crippen molar-refractivity contribution in [1.82, 2.24) is 4.90 Å². The van der Waals surface area contributed by atoms with E-state index in [2.05, 4.69) is 35.2 Å². The molecule has 0 aliphatic carbocycles. The van der Waals surface area contributed by atoms with E-state index in [-0.39, 0.29) is 12.4 Å². The summed E-state index contributed by atoms with van der Waals surface area (Å²) >= 11 is 0. The van der Waals surface area contributed by atoms with Crippen molar-refractivity contribution in [1.29, 1.82) is 0 Å². The molecule has 0 aromatic heterocycles. The van der Waals surface area contributed by atoms with Crippen LogP contribution in [0, 0.1) is 0 Å². The monoisotopic (exact) mass is 336 g/mol. The van der Waals surface area contributed by atoms with E-state index < -0.39 is 0 Å². The Morgan fingerprint density at radius 3 is 2.13 bits per heavy atom. The fraction of sp³-hybridized carbons (Fsp3) is 0.333. The first kappa shape index (κ1) is 19.3. The van der Waals surface area contributed by atoms with Crippen molar-refractivity contribution in [3.63, 3.8) is 0 Å². The molecule has 0 bridgehead atoms. The molecule has 0 atom stereocenters. The maximum Gasteiger partial charge on any atom is 0.161 e. The van der Waals surface area contributed by atoms with Gasteiger partial charge < -0.3 is 15.2 Å². The van der Waals surface area contributed by atoms with Gasteiger partial charge in [-0.3, -0.25) is 4.90 Å². The van der Waals surface area contributed by atoms with Crippen molar-refractivity contribution < 1.29 is 9.47 Å². The molecule has 0 amide bonds. The molecule has 5 heteroatoms. The van der Waals surface area contributed by atoms with Crippen LogP contribution in [-0.4, -0.2) is 32.2 Å². The molecule has 0 radical (unpaired) electrons. The predicted molar refractivity (Wildman–Crippen MR) is 96.4 cm³/mol. The number of nitrogens with two attached hydrogens (primary N) is 1. The molecule has 126 valence electrons. The highest BCUT2D eigenvalue weighted by molar-refractivity contribution is 5.85. The fourth-order valence-electron chi connectivity index (χ4n) is 2.48. The smallest absolute Gasteiger partial charge is 0.161 e. The summed E-state index contributed by atoms with van der Waals surface area (Å²) in [5.74, 6) is 1.51. The van der Waals surface area contributed by atoms with Crippen LogP contribution in [0.5, 0.6) is 11.5 Å². The summed E-state index contributed by atoms with van der Waals surface area (Å²) in [5, 5.41) is 0. The summed E-state index contributed by atoms with van der Waals surface area (Å²) in [6.45, 7) is 3.20. The van der Waals surface area contributed by atoms with Crippen molar-refractivity contribution in [2.45, 2.75) is 13.1 Å². The number of halogens is 1. The van der Waals surface area contributed by atoms with Gasteiger partial charge in [-0.05, 0) is 23.3 Å². The third-order valence-electron chi connectivity index (χ3n) is 3.55. The lowest BCUT2D eigenvalue weighted by molar-refractivity contribution is 0.263. The zero-order valence-corrected chi connectivity index (χ0v) is 14.5. The summed E-state index contributed by atoms with van der Waals surface area (Å²) in [6.07, 6.45) is 0. The minimum absolute atomic E-state index is 0. The first-order chi connectivity index (χ1) is 10.8. The molecule has 0 saturated heterocycles. The molecule has 2 aromatic carbocycles. The molecule has 0 saturated carbocycles. The number of methoxy groups -OCH3 is 2. The molecule has 0 aliphatic heterocycles. The van der Waals surface area contributed by atoms with Gasteiger partial charge in [0.05, 0.1) is 14.2 Å². The second-order valence-corrected chi connectivity index (χ2v) is 5.17. The van der Waals surface area contributed by atoms with Crippen LogP contribution in [0.1, 0.15) is 11.1 Å². The molecule has 0 spiro atoms. The quantitative estimate of drug-likeness (QED) is 0.804. The highest BCUT2D eigenvalue weighted by atomic mass is 35.5. The lowest BCUT2D eigenvalue weighted by Crippen LogP contribution is -2.28. The third-order valence-corrected chi connectivity index (χ3v) is 3.55. The number of hydrogen-bond acceptors (Lipinski definition) is 4. The lowest BCUT2D eigenvalue weighted by atomic mass is 10.1. The maximum absolute atomic E-state index is 5.75. The van der Waals surface area contributed by atoms with E-state index in [1.54, 1.807) is 14.2 Å². The van der Waals surface area contributed by atoms with Crippen LogP contribution in [0.4, 0.5) is 0 Å². The van der Waals surface area contributed by atoms with Gasteiger partial charge >= 0.3 is 0 Å². The second-order valence-electron chi connectivity index (χ2n) is 5.17. The van der Waals surface area contributed by atoms with Gasteiger partial charge in [0.25, 0.3) is 0 Å². The molecule has 0 heterocycles. The SMILES string of the molecule is COc1ccc(CN(CCN)Cc2ccccc2)cc1OC.Cl. The van der Waals surface area contributed by atoms with Gasteiger partial charge in [0.15, 0.2) is 11.5 Å². The van der Waals surface area contributed by atoms with Gasteiger partial charge in [-0.2, -0.15) is 0 Å². The van der Waals surface area contributed by atoms with Crippen molar-refractivity contribution in [3.05, 3.63) is 59.7 Å². The predicted octanol–water partition coefficient (Wildman–Crippen LogP) is 3.09. The van der Waals surface area contributed by atoms with Crippen molar-refractivity contribution in [2.24, 2.45) is 5.73 Å². The average molecular weight is 337 g/mol. The number of rotatable bonds is 8. The van der Waals surface area contributed by atoms with Gasteiger partial charge in [0.2, 0.25) is 0 Å². The van der Waals surface area contributed by atoms with E-state index in [9.17, 15) is 0 Å². The van der Waals surface area contributed by atoms with Crippen LogP contribution in [0.25, 0.3) is 0 Å². The van der Waals surface area contributed by atoms with Crippen LogP contribution < -0.4 is 15.2 Å². The lowest BCUT2D eigenvalue weighted by Gasteiger charge is -2.22. The highest BCUT2D eigenvalue weighted by Crippen LogP contribution is 2.28. The van der Waals surface area contributed by atoms with Gasteiger partial charge in [0.1, 0.15) is 0 Å². The van der Waals surface area contributed by atoms with E-state index in [4.69, 9.17) is 15.2 Å². The average Bonchev–Trinajstić information content (AvgIpc) is 2.56. The van der Waals surface area contributed by atoms with E-state index >= 15 is 0 Å². The highest BCUT2D eigenvalue weighted by Gasteiger charge is 2.09. The number of nitrogens with zero attached hydrogens (tertiary/aromatic N) is 1. The van der Waals surface area contributed by atoms with Crippen molar-refractivity contribution >= 4 is 12.4 Å². The van der Waals surface area contributed by atoms with E-state index in [1.165, 1.54) is 11.1 Å². The molecule has 23 heavy (non-hydrogen) atoms. The summed E-state index contributed by atoms with van der Waals surface area (Å²) in [5.41, 5.74) is 8.22. The number of benzene rings is 2. The minimum Gasteiger partial charge on any atom is -0.493 e. The topological polar surface area (TPSA) is 47.7 Å². The molecule has 2 N–H and O–H groups in total. The van der Waals surface area contributed by atoms with Gasteiger partial charge in [0, 0.05) is 26.2 Å². The molecule has 0 aliphatic rings. The molecule has 0 fully saturated rings. The van der Waals surface area contributed by atoms with Crippen LogP contribution in [-0.2, 0) is 13.1 Å². The molecule has 4 nitrogen and oxygen atoms in total. The molecule has 2 aromatic rings. The fourth-order valence-corrected chi connectivity index (χ4v) is 2.48. The Labute approximate surface area is 144 Å². The van der Waals surface area contributed by atoms with Crippen molar-refractivity contribution in [3.8, 4) is 11.5 Å². The molecule has 2 rings (SSSR count). The normalized spacial score (nSPS) is 10.3. The summed E-state index contributed by atoms with van der Waals surface area (Å²) in [4.78, 5) is 2.33. The Balaban J connectivity index is 0.00000264. The van der Waals surface area contributed by atoms with Gasteiger partial charge in [-0.25, -0.2) is 0 Å². The van der Waals surface area contributed by atoms with Gasteiger partial charge in [-0.15, -0.1) is 12.4 Å². The van der Waals surface area contributed by atoms with Crippen molar-refractivity contribution in [2.75, 3.05) is 27.3 Å². The first-order valence-corrected chi connectivity index (χ1v) is 7.44. The van der Waals surface area contributed by atoms with E-state index in [0.717, 1.165) is 31.1 Å². The molecule has 0 unspecified atom stereocenters. The Morgan fingerprint density at radius 2 is 1.52 bits per heavy atom. The van der Waals surface area contributed by atoms with E-state index in [0.29, 0.717) is 6.54 Å². The van der Waals surface area contributed by atoms with Crippen LogP contribution in [0.2, 0.25) is 0 Å². The number of ether oxygens (including phenoxy) is 2. The summed E-state index contributed by atoms with van der Waals surface area (Å²) in [7, 11) is 3.30. The first-order valence-electron chi connectivity index (χ1n) is 7.44. The summed E-state index contributed by atoms with van der Waals surface area (Å²) in [6, 6.07) is 16.5. The maximum atomic E-state index is 5.75. The van der Waals surface area contributed by atoms with Gasteiger partial charge in [-0.1, -0.05) is 36.4 Å². The van der Waals surface area contributed by atoms with Crippen LogP contribution >= 0.6 is 12.4 Å². The second kappa shape index (κ2) is 10.1. The number of hydrogen-bond donors (Lipinski definition) is 1. The third kappa shape index (κ3) is 5.75. The Morgan fingerprint density at radius 1 is 0.870 bits per heavy atom. The largest absolute Gasteiger partial charge is 0.493 e. The summed E-state index contributed by atoms with van der Waals surface area (Å²) < 4.78 is 10.6.